The number of amides is 1. The fourth-order valence-corrected chi connectivity index (χ4v) is 6.65. The first-order chi connectivity index (χ1) is 16.9. The molecule has 7 nitrogen and oxygen atoms in total. The summed E-state index contributed by atoms with van der Waals surface area (Å²) in [6.07, 6.45) is 2.73. The minimum absolute atomic E-state index is 0.00427. The number of sulfone groups is 1. The van der Waals surface area contributed by atoms with Crippen molar-refractivity contribution < 1.29 is 17.9 Å². The molecule has 8 heteroatoms. The Bertz CT molecular complexity index is 1320. The van der Waals surface area contributed by atoms with Gasteiger partial charge in [0, 0.05) is 56.5 Å². The first-order valence-corrected chi connectivity index (χ1v) is 13.8. The number of aryl methyl sites for hydroxylation is 1. The summed E-state index contributed by atoms with van der Waals surface area (Å²) in [4.78, 5) is 22.0. The topological polar surface area (TPSA) is 79.8 Å². The van der Waals surface area contributed by atoms with E-state index in [9.17, 15) is 13.2 Å². The maximum absolute atomic E-state index is 13.3. The van der Waals surface area contributed by atoms with Gasteiger partial charge in [-0.3, -0.25) is 14.7 Å². The Morgan fingerprint density at radius 1 is 1.09 bits per heavy atom. The molecule has 184 valence electrons. The van der Waals surface area contributed by atoms with Crippen LogP contribution in [0.4, 0.5) is 0 Å². The molecule has 2 aliphatic rings. The summed E-state index contributed by atoms with van der Waals surface area (Å²) >= 11 is 0. The number of benzene rings is 2. The highest BCUT2D eigenvalue weighted by Gasteiger charge is 2.26. The predicted molar refractivity (Wildman–Crippen MR) is 135 cm³/mol. The SMILES string of the molecule is Cc1cc(C(=O)N2CCN(CC3CCOC3)CC2)ccc1CS(=O)(=O)c1cccc2cccnc12. The summed E-state index contributed by atoms with van der Waals surface area (Å²) in [5.74, 6) is 0.477. The lowest BCUT2D eigenvalue weighted by molar-refractivity contribution is 0.0611. The summed E-state index contributed by atoms with van der Waals surface area (Å²) in [5.41, 5.74) is 2.58. The molecule has 2 fully saturated rings. The third-order valence-electron chi connectivity index (χ3n) is 7.07. The van der Waals surface area contributed by atoms with Crippen LogP contribution in [0.25, 0.3) is 10.9 Å². The third kappa shape index (κ3) is 5.24. The highest BCUT2D eigenvalue weighted by molar-refractivity contribution is 7.90. The lowest BCUT2D eigenvalue weighted by atomic mass is 10.0. The lowest BCUT2D eigenvalue weighted by Crippen LogP contribution is -2.49. The molecule has 5 rings (SSSR count). The summed E-state index contributed by atoms with van der Waals surface area (Å²) in [6, 6.07) is 14.2. The van der Waals surface area contributed by atoms with Crippen LogP contribution in [-0.2, 0) is 20.3 Å². The van der Waals surface area contributed by atoms with Crippen LogP contribution < -0.4 is 0 Å². The molecule has 3 heterocycles. The summed E-state index contributed by atoms with van der Waals surface area (Å²) in [5, 5.41) is 0.794. The number of para-hydroxylation sites is 1. The zero-order valence-electron chi connectivity index (χ0n) is 20.0. The first-order valence-electron chi connectivity index (χ1n) is 12.2. The second kappa shape index (κ2) is 10.0. The van der Waals surface area contributed by atoms with Gasteiger partial charge in [0.2, 0.25) is 0 Å². The number of hydrogen-bond donors (Lipinski definition) is 0. The van der Waals surface area contributed by atoms with Gasteiger partial charge >= 0.3 is 0 Å². The van der Waals surface area contributed by atoms with E-state index in [1.165, 1.54) is 0 Å². The standard InChI is InChI=1S/C27H31N3O4S/c1-20-16-23(27(31)30-13-11-29(12-14-30)17-21-9-15-34-18-21)7-8-24(20)19-35(32,33)25-6-2-4-22-5-3-10-28-26(22)25/h2-8,10,16,21H,9,11-15,17-19H2,1H3. The molecule has 0 bridgehead atoms. The summed E-state index contributed by atoms with van der Waals surface area (Å²) in [7, 11) is -3.60. The second-order valence-electron chi connectivity index (χ2n) is 9.55. The predicted octanol–water partition coefficient (Wildman–Crippen LogP) is 3.31. The van der Waals surface area contributed by atoms with Crippen molar-refractivity contribution >= 4 is 26.6 Å². The molecule has 1 amide bonds. The van der Waals surface area contributed by atoms with E-state index >= 15 is 0 Å². The number of aromatic nitrogens is 1. The Balaban J connectivity index is 1.26. The van der Waals surface area contributed by atoms with Gasteiger partial charge in [0.05, 0.1) is 22.8 Å². The maximum atomic E-state index is 13.3. The van der Waals surface area contributed by atoms with E-state index in [-0.39, 0.29) is 16.6 Å². The van der Waals surface area contributed by atoms with Gasteiger partial charge in [-0.2, -0.15) is 0 Å². The molecule has 0 spiro atoms. The van der Waals surface area contributed by atoms with Crippen LogP contribution in [-0.4, -0.2) is 75.0 Å². The van der Waals surface area contributed by atoms with Crippen molar-refractivity contribution in [2.24, 2.45) is 5.92 Å². The number of ether oxygens (including phenoxy) is 1. The number of hydrogen-bond acceptors (Lipinski definition) is 6. The normalized spacial score (nSPS) is 19.3. The van der Waals surface area contributed by atoms with Crippen LogP contribution >= 0.6 is 0 Å². The fraction of sp³-hybridized carbons (Fsp3) is 0.407. The number of nitrogens with zero attached hydrogens (tertiary/aromatic N) is 3. The van der Waals surface area contributed by atoms with Crippen LogP contribution in [0.3, 0.4) is 0 Å². The molecule has 0 aliphatic carbocycles. The molecule has 1 unspecified atom stereocenters. The summed E-state index contributed by atoms with van der Waals surface area (Å²) < 4.78 is 32.0. The van der Waals surface area contributed by atoms with Crippen molar-refractivity contribution in [2.75, 3.05) is 45.9 Å². The maximum Gasteiger partial charge on any atom is 0.253 e. The first kappa shape index (κ1) is 23.9. The van der Waals surface area contributed by atoms with Gasteiger partial charge in [-0.25, -0.2) is 8.42 Å². The number of piperazine rings is 1. The van der Waals surface area contributed by atoms with Crippen LogP contribution in [0.5, 0.6) is 0 Å². The number of carbonyl (C=O) groups excluding carboxylic acids is 1. The molecule has 35 heavy (non-hydrogen) atoms. The van der Waals surface area contributed by atoms with Crippen molar-refractivity contribution in [3.63, 3.8) is 0 Å². The average Bonchev–Trinajstić information content (AvgIpc) is 3.38. The monoisotopic (exact) mass is 493 g/mol. The molecular formula is C27H31N3O4S. The smallest absolute Gasteiger partial charge is 0.253 e. The third-order valence-corrected chi connectivity index (χ3v) is 8.76. The number of carbonyl (C=O) groups is 1. The molecule has 0 saturated carbocycles. The number of pyridine rings is 1. The van der Waals surface area contributed by atoms with Gasteiger partial charge in [-0.1, -0.05) is 24.3 Å². The average molecular weight is 494 g/mol. The zero-order valence-corrected chi connectivity index (χ0v) is 20.8. The lowest BCUT2D eigenvalue weighted by Gasteiger charge is -2.35. The van der Waals surface area contributed by atoms with Gasteiger partial charge in [0.1, 0.15) is 0 Å². The quantitative estimate of drug-likeness (QED) is 0.524. The van der Waals surface area contributed by atoms with E-state index in [4.69, 9.17) is 4.74 Å². The van der Waals surface area contributed by atoms with Crippen molar-refractivity contribution in [3.8, 4) is 0 Å². The Hall–Kier alpha value is -2.81. The van der Waals surface area contributed by atoms with Crippen LogP contribution in [0, 0.1) is 12.8 Å². The molecule has 2 aromatic carbocycles. The van der Waals surface area contributed by atoms with Crippen molar-refractivity contribution in [1.29, 1.82) is 0 Å². The molecular weight excluding hydrogens is 462 g/mol. The zero-order chi connectivity index (χ0) is 24.4. The molecule has 2 saturated heterocycles. The van der Waals surface area contributed by atoms with E-state index in [1.807, 2.05) is 30.0 Å². The van der Waals surface area contributed by atoms with Crippen LogP contribution in [0.2, 0.25) is 0 Å². The Labute approximate surface area is 206 Å². The molecule has 0 N–H and O–H groups in total. The van der Waals surface area contributed by atoms with Crippen LogP contribution in [0.1, 0.15) is 27.9 Å². The van der Waals surface area contributed by atoms with Crippen LogP contribution in [0.15, 0.2) is 59.6 Å². The minimum atomic E-state index is -3.60. The molecule has 1 aromatic heterocycles. The van der Waals surface area contributed by atoms with E-state index in [0.717, 1.165) is 50.2 Å². The number of rotatable bonds is 6. The van der Waals surface area contributed by atoms with E-state index in [0.29, 0.717) is 35.7 Å². The van der Waals surface area contributed by atoms with Gasteiger partial charge in [-0.15, -0.1) is 0 Å². The molecule has 3 aromatic rings. The highest BCUT2D eigenvalue weighted by atomic mass is 32.2. The van der Waals surface area contributed by atoms with E-state index in [1.54, 1.807) is 36.5 Å². The van der Waals surface area contributed by atoms with Gasteiger partial charge in [-0.05, 0) is 54.7 Å². The van der Waals surface area contributed by atoms with Gasteiger partial charge < -0.3 is 9.64 Å². The molecule has 2 aliphatic heterocycles. The van der Waals surface area contributed by atoms with Gasteiger partial charge in [0.25, 0.3) is 5.91 Å². The van der Waals surface area contributed by atoms with Gasteiger partial charge in [0.15, 0.2) is 9.84 Å². The summed E-state index contributed by atoms with van der Waals surface area (Å²) in [6.45, 7) is 7.76. The number of fused-ring (bicyclic) bond motifs is 1. The van der Waals surface area contributed by atoms with Crippen molar-refractivity contribution in [1.82, 2.24) is 14.8 Å². The Kier molecular flexibility index (Phi) is 6.86. The van der Waals surface area contributed by atoms with E-state index in [2.05, 4.69) is 9.88 Å². The van der Waals surface area contributed by atoms with Crippen molar-refractivity contribution in [3.05, 3.63) is 71.4 Å². The Morgan fingerprint density at radius 2 is 1.89 bits per heavy atom. The minimum Gasteiger partial charge on any atom is -0.381 e. The second-order valence-corrected chi connectivity index (χ2v) is 11.5. The van der Waals surface area contributed by atoms with E-state index < -0.39 is 9.84 Å². The molecule has 1 atom stereocenters. The Morgan fingerprint density at radius 3 is 2.63 bits per heavy atom. The highest BCUT2D eigenvalue weighted by Crippen LogP contribution is 2.26. The molecule has 0 radical (unpaired) electrons. The van der Waals surface area contributed by atoms with Crippen molar-refractivity contribution in [2.45, 2.75) is 24.0 Å². The fourth-order valence-electron chi connectivity index (χ4n) is 5.01. The largest absolute Gasteiger partial charge is 0.381 e.